The van der Waals surface area contributed by atoms with Crippen LogP contribution in [-0.2, 0) is 6.61 Å². The van der Waals surface area contributed by atoms with E-state index in [1.54, 1.807) is 0 Å². The van der Waals surface area contributed by atoms with Gasteiger partial charge in [0.05, 0.1) is 17.8 Å². The quantitative estimate of drug-likeness (QED) is 0.827. The lowest BCUT2D eigenvalue weighted by atomic mass is 10.3. The Bertz CT molecular complexity index is 450. The summed E-state index contributed by atoms with van der Waals surface area (Å²) in [6, 6.07) is 5.83. The first-order valence-corrected chi connectivity index (χ1v) is 4.75. The maximum absolute atomic E-state index is 8.91. The number of rotatable bonds is 1. The van der Waals surface area contributed by atoms with Crippen molar-refractivity contribution in [2.45, 2.75) is 13.5 Å². The molecular weight excluding hydrogens is 232 g/mol. The molecular formula is C9H9BrN2O. The van der Waals surface area contributed by atoms with Crippen molar-refractivity contribution in [3.63, 3.8) is 0 Å². The molecule has 2 heterocycles. The van der Waals surface area contributed by atoms with Crippen LogP contribution in [0, 0.1) is 6.92 Å². The Morgan fingerprint density at radius 1 is 1.46 bits per heavy atom. The van der Waals surface area contributed by atoms with Gasteiger partial charge < -0.3 is 5.11 Å². The highest BCUT2D eigenvalue weighted by Crippen LogP contribution is 2.17. The van der Waals surface area contributed by atoms with E-state index in [0.717, 1.165) is 15.7 Å². The highest BCUT2D eigenvalue weighted by molar-refractivity contribution is 9.10. The summed E-state index contributed by atoms with van der Waals surface area (Å²) in [5.74, 6) is 0. The van der Waals surface area contributed by atoms with Crippen molar-refractivity contribution in [2.75, 3.05) is 0 Å². The fourth-order valence-electron chi connectivity index (χ4n) is 1.35. The van der Waals surface area contributed by atoms with Gasteiger partial charge in [0, 0.05) is 10.2 Å². The lowest BCUT2D eigenvalue weighted by molar-refractivity contribution is 0.276. The Balaban J connectivity index is 2.75. The molecule has 13 heavy (non-hydrogen) atoms. The second-order valence-electron chi connectivity index (χ2n) is 2.95. The molecule has 2 aromatic heterocycles. The topological polar surface area (TPSA) is 37.5 Å². The number of aromatic nitrogens is 2. The van der Waals surface area contributed by atoms with Gasteiger partial charge in [0.2, 0.25) is 0 Å². The van der Waals surface area contributed by atoms with Gasteiger partial charge >= 0.3 is 0 Å². The van der Waals surface area contributed by atoms with Gasteiger partial charge in [-0.1, -0.05) is 15.9 Å². The molecule has 0 amide bonds. The van der Waals surface area contributed by atoms with Gasteiger partial charge in [0.25, 0.3) is 0 Å². The molecule has 68 valence electrons. The summed E-state index contributed by atoms with van der Waals surface area (Å²) in [7, 11) is 0. The molecule has 0 aliphatic carbocycles. The molecule has 0 bridgehead atoms. The van der Waals surface area contributed by atoms with Crippen LogP contribution in [0.2, 0.25) is 0 Å². The lowest BCUT2D eigenvalue weighted by Gasteiger charge is -1.98. The third kappa shape index (κ3) is 1.47. The first-order valence-electron chi connectivity index (χ1n) is 3.96. The Morgan fingerprint density at radius 2 is 2.23 bits per heavy atom. The monoisotopic (exact) mass is 240 g/mol. The predicted octanol–water partition coefficient (Wildman–Crippen LogP) is 1.90. The van der Waals surface area contributed by atoms with Crippen molar-refractivity contribution >= 4 is 21.4 Å². The van der Waals surface area contributed by atoms with Crippen LogP contribution in [0.1, 0.15) is 11.4 Å². The molecule has 3 nitrogen and oxygen atoms in total. The zero-order chi connectivity index (χ0) is 9.42. The maximum Gasteiger partial charge on any atom is 0.0889 e. The van der Waals surface area contributed by atoms with Gasteiger partial charge in [-0.3, -0.25) is 0 Å². The third-order valence-corrected chi connectivity index (χ3v) is 2.37. The van der Waals surface area contributed by atoms with Crippen LogP contribution in [0.5, 0.6) is 0 Å². The number of pyridine rings is 1. The van der Waals surface area contributed by atoms with E-state index in [1.807, 2.05) is 29.6 Å². The number of hydrogen-bond donors (Lipinski definition) is 1. The third-order valence-electron chi connectivity index (χ3n) is 1.92. The number of halogens is 1. The van der Waals surface area contributed by atoms with Gasteiger partial charge in [-0.05, 0) is 25.1 Å². The Hall–Kier alpha value is -0.870. The van der Waals surface area contributed by atoms with Gasteiger partial charge in [0.1, 0.15) is 0 Å². The highest BCUT2D eigenvalue weighted by atomic mass is 79.9. The van der Waals surface area contributed by atoms with E-state index in [2.05, 4.69) is 21.0 Å². The molecule has 0 aliphatic heterocycles. The Kier molecular flexibility index (Phi) is 2.09. The first kappa shape index (κ1) is 8.72. The van der Waals surface area contributed by atoms with E-state index in [1.165, 1.54) is 0 Å². The average Bonchev–Trinajstić information content (AvgIpc) is 2.47. The first-order chi connectivity index (χ1) is 6.20. The zero-order valence-electron chi connectivity index (χ0n) is 7.16. The van der Waals surface area contributed by atoms with E-state index in [0.29, 0.717) is 5.69 Å². The summed E-state index contributed by atoms with van der Waals surface area (Å²) in [4.78, 5) is 0. The molecule has 4 heteroatoms. The molecule has 0 radical (unpaired) electrons. The summed E-state index contributed by atoms with van der Waals surface area (Å²) in [6.45, 7) is 1.96. The fourth-order valence-corrected chi connectivity index (χ4v) is 1.92. The van der Waals surface area contributed by atoms with Crippen LogP contribution in [0.3, 0.4) is 0 Å². The Labute approximate surface area is 84.1 Å². The SMILES string of the molecule is Cc1cc(Br)cc2cc(CO)nn12. The van der Waals surface area contributed by atoms with Crippen molar-refractivity contribution in [3.05, 3.63) is 34.1 Å². The van der Waals surface area contributed by atoms with Crippen molar-refractivity contribution in [3.8, 4) is 0 Å². The molecule has 0 fully saturated rings. The predicted molar refractivity (Wildman–Crippen MR) is 53.6 cm³/mol. The standard InChI is InChI=1S/C9H9BrN2O/c1-6-2-7(10)3-9-4-8(5-13)11-12(6)9/h2-4,13H,5H2,1H3. The van der Waals surface area contributed by atoms with Crippen molar-refractivity contribution in [2.24, 2.45) is 0 Å². The van der Waals surface area contributed by atoms with Crippen molar-refractivity contribution < 1.29 is 5.11 Å². The minimum absolute atomic E-state index is 0.0151. The van der Waals surface area contributed by atoms with E-state index in [-0.39, 0.29) is 6.61 Å². The molecule has 2 aromatic rings. The van der Waals surface area contributed by atoms with Crippen LogP contribution < -0.4 is 0 Å². The maximum atomic E-state index is 8.91. The van der Waals surface area contributed by atoms with Gasteiger partial charge in [-0.25, -0.2) is 4.52 Å². The second kappa shape index (κ2) is 3.12. The number of nitrogens with zero attached hydrogens (tertiary/aromatic N) is 2. The van der Waals surface area contributed by atoms with Crippen molar-refractivity contribution in [1.29, 1.82) is 0 Å². The average molecular weight is 241 g/mol. The highest BCUT2D eigenvalue weighted by Gasteiger charge is 2.03. The molecule has 0 saturated carbocycles. The number of aryl methyl sites for hydroxylation is 1. The summed E-state index contributed by atoms with van der Waals surface area (Å²) in [5, 5.41) is 13.1. The number of fused-ring (bicyclic) bond motifs is 1. The summed E-state index contributed by atoms with van der Waals surface area (Å²) in [6.07, 6.45) is 0. The summed E-state index contributed by atoms with van der Waals surface area (Å²) in [5.41, 5.74) is 2.74. The Morgan fingerprint density at radius 3 is 2.92 bits per heavy atom. The number of aliphatic hydroxyl groups excluding tert-OH is 1. The van der Waals surface area contributed by atoms with E-state index < -0.39 is 0 Å². The van der Waals surface area contributed by atoms with Crippen LogP contribution in [-0.4, -0.2) is 14.7 Å². The number of aliphatic hydroxyl groups is 1. The van der Waals surface area contributed by atoms with Crippen LogP contribution >= 0.6 is 15.9 Å². The molecule has 0 spiro atoms. The van der Waals surface area contributed by atoms with Crippen LogP contribution in [0.25, 0.3) is 5.52 Å². The molecule has 0 saturated heterocycles. The minimum atomic E-state index is -0.0151. The van der Waals surface area contributed by atoms with Crippen LogP contribution in [0.4, 0.5) is 0 Å². The lowest BCUT2D eigenvalue weighted by Crippen LogP contribution is -1.93. The van der Waals surface area contributed by atoms with E-state index in [4.69, 9.17) is 5.11 Å². The smallest absolute Gasteiger partial charge is 0.0889 e. The van der Waals surface area contributed by atoms with Gasteiger partial charge in [0.15, 0.2) is 0 Å². The molecule has 0 aromatic carbocycles. The van der Waals surface area contributed by atoms with Gasteiger partial charge in [-0.2, -0.15) is 5.10 Å². The second-order valence-corrected chi connectivity index (χ2v) is 3.86. The van der Waals surface area contributed by atoms with Gasteiger partial charge in [-0.15, -0.1) is 0 Å². The molecule has 0 unspecified atom stereocenters. The van der Waals surface area contributed by atoms with E-state index >= 15 is 0 Å². The largest absolute Gasteiger partial charge is 0.390 e. The van der Waals surface area contributed by atoms with Crippen LogP contribution in [0.15, 0.2) is 22.7 Å². The van der Waals surface area contributed by atoms with E-state index in [9.17, 15) is 0 Å². The van der Waals surface area contributed by atoms with Crippen molar-refractivity contribution in [1.82, 2.24) is 9.61 Å². The molecule has 0 aliphatic rings. The fraction of sp³-hybridized carbons (Fsp3) is 0.222. The number of hydrogen-bond acceptors (Lipinski definition) is 2. The molecule has 2 rings (SSSR count). The summed E-state index contributed by atoms with van der Waals surface area (Å²) < 4.78 is 2.85. The molecule has 0 atom stereocenters. The normalized spacial score (nSPS) is 11.0. The summed E-state index contributed by atoms with van der Waals surface area (Å²) >= 11 is 3.41. The zero-order valence-corrected chi connectivity index (χ0v) is 8.74. The molecule has 1 N–H and O–H groups in total. The minimum Gasteiger partial charge on any atom is -0.390 e.